The number of aromatic amines is 1. The lowest BCUT2D eigenvalue weighted by molar-refractivity contribution is -0.141. The fourth-order valence-corrected chi connectivity index (χ4v) is 6.10. The van der Waals surface area contributed by atoms with Gasteiger partial charge in [0.1, 0.15) is 23.9 Å². The summed E-state index contributed by atoms with van der Waals surface area (Å²) < 4.78 is 8.30. The molecular formula is C38H33ClN4O5. The first-order chi connectivity index (χ1) is 23.0. The van der Waals surface area contributed by atoms with E-state index in [9.17, 15) is 14.7 Å². The topological polar surface area (TPSA) is 118 Å². The van der Waals surface area contributed by atoms with Crippen molar-refractivity contribution in [1.82, 2.24) is 20.0 Å². The normalized spacial score (nSPS) is 12.9. The standard InChI is InChI=1S/C38H32N4O5.ClH/c43-30-15-18-33-32(22-30)28(23-39-33)14-20-36(44)47-41-38(45)27-13-19-35-34(21-27)40-37(42(35)29-9-5-2-6-10-29)26-11-16-31(17-12-26)46-24-25-7-3-1-4-8-25;/h1,3-4,7-8,11-13,15-19,21-23,29,39,43H,2,5-6,9-10,24H2,(H,41,45);1H. The van der Waals surface area contributed by atoms with Crippen molar-refractivity contribution in [3.63, 3.8) is 0 Å². The monoisotopic (exact) mass is 660 g/mol. The zero-order chi connectivity index (χ0) is 32.2. The number of carbonyl (C=O) groups excluding carboxylic acids is 2. The van der Waals surface area contributed by atoms with Crippen LogP contribution < -0.4 is 10.2 Å². The number of benzene rings is 4. The smallest absolute Gasteiger partial charge is 0.408 e. The van der Waals surface area contributed by atoms with Crippen molar-refractivity contribution in [2.45, 2.75) is 44.8 Å². The Morgan fingerprint density at radius 3 is 2.54 bits per heavy atom. The maximum absolute atomic E-state index is 13.0. The molecular weight excluding hydrogens is 628 g/mol. The van der Waals surface area contributed by atoms with E-state index in [1.165, 1.54) is 6.42 Å². The number of hydrogen-bond donors (Lipinski definition) is 3. The van der Waals surface area contributed by atoms with Crippen molar-refractivity contribution in [2.24, 2.45) is 0 Å². The van der Waals surface area contributed by atoms with Crippen LogP contribution in [0.5, 0.6) is 11.5 Å². The number of phenolic OH excluding ortho intramolecular Hbond substituents is 1. The van der Waals surface area contributed by atoms with Crippen molar-refractivity contribution in [1.29, 1.82) is 0 Å². The summed E-state index contributed by atoms with van der Waals surface area (Å²) in [7, 11) is 0. The van der Waals surface area contributed by atoms with Gasteiger partial charge in [0.05, 0.1) is 16.6 Å². The fraction of sp³-hybridized carbons (Fsp3) is 0.184. The number of phenols is 1. The van der Waals surface area contributed by atoms with E-state index in [-0.39, 0.29) is 18.2 Å². The van der Waals surface area contributed by atoms with Gasteiger partial charge in [-0.1, -0.05) is 55.5 Å². The first-order valence-electron chi connectivity index (χ1n) is 15.6. The van der Waals surface area contributed by atoms with Crippen LogP contribution in [0.2, 0.25) is 0 Å². The highest BCUT2D eigenvalue weighted by atomic mass is 35.5. The van der Waals surface area contributed by atoms with Crippen molar-refractivity contribution in [2.75, 3.05) is 0 Å². The molecule has 0 atom stereocenters. The molecule has 3 N–H and O–H groups in total. The molecule has 6 aromatic rings. The summed E-state index contributed by atoms with van der Waals surface area (Å²) in [5.74, 6) is 5.27. The number of hydrogen-bond acceptors (Lipinski definition) is 6. The number of nitrogens with one attached hydrogen (secondary N) is 2. The first-order valence-corrected chi connectivity index (χ1v) is 15.6. The van der Waals surface area contributed by atoms with E-state index < -0.39 is 11.9 Å². The van der Waals surface area contributed by atoms with Gasteiger partial charge in [0, 0.05) is 40.2 Å². The van der Waals surface area contributed by atoms with E-state index in [0.717, 1.165) is 59.4 Å². The quantitative estimate of drug-likeness (QED) is 0.125. The average molecular weight is 661 g/mol. The molecule has 1 fully saturated rings. The molecule has 10 heteroatoms. The van der Waals surface area contributed by atoms with E-state index in [1.54, 1.807) is 36.5 Å². The Morgan fingerprint density at radius 1 is 0.958 bits per heavy atom. The molecule has 48 heavy (non-hydrogen) atoms. The largest absolute Gasteiger partial charge is 0.508 e. The number of aromatic nitrogens is 3. The molecule has 1 amide bonds. The molecule has 1 aliphatic carbocycles. The Labute approximate surface area is 283 Å². The maximum atomic E-state index is 13.0. The predicted octanol–water partition coefficient (Wildman–Crippen LogP) is 7.64. The lowest BCUT2D eigenvalue weighted by Gasteiger charge is -2.25. The molecule has 242 valence electrons. The lowest BCUT2D eigenvalue weighted by atomic mass is 9.95. The number of amides is 1. The third-order valence-electron chi connectivity index (χ3n) is 8.45. The van der Waals surface area contributed by atoms with Crippen molar-refractivity contribution in [3.8, 4) is 34.7 Å². The van der Waals surface area contributed by atoms with Gasteiger partial charge in [0.15, 0.2) is 0 Å². The molecule has 2 heterocycles. The van der Waals surface area contributed by atoms with Gasteiger partial charge < -0.3 is 24.2 Å². The Hall–Kier alpha value is -5.72. The summed E-state index contributed by atoms with van der Waals surface area (Å²) in [4.78, 5) is 38.3. The lowest BCUT2D eigenvalue weighted by Crippen LogP contribution is -2.26. The highest BCUT2D eigenvalue weighted by molar-refractivity contribution is 5.99. The SMILES string of the molecule is Cl.O=C(C#Cc1c[nH]c2ccc(O)cc12)ONC(=O)c1ccc2c(c1)nc(-c1ccc(OCc3ccccc3)cc1)n2C1CCCCC1. The second kappa shape index (κ2) is 14.4. The maximum Gasteiger partial charge on any atom is 0.408 e. The zero-order valence-electron chi connectivity index (χ0n) is 25.9. The van der Waals surface area contributed by atoms with Crippen LogP contribution in [0.3, 0.4) is 0 Å². The van der Waals surface area contributed by atoms with Crippen LogP contribution in [0.4, 0.5) is 0 Å². The second-order valence-corrected chi connectivity index (χ2v) is 11.6. The van der Waals surface area contributed by atoms with Crippen LogP contribution in [-0.2, 0) is 16.2 Å². The molecule has 0 spiro atoms. The van der Waals surface area contributed by atoms with Crippen molar-refractivity contribution in [3.05, 3.63) is 114 Å². The van der Waals surface area contributed by atoms with Gasteiger partial charge in [-0.25, -0.2) is 9.78 Å². The van der Waals surface area contributed by atoms with E-state index in [2.05, 4.69) is 26.9 Å². The number of aromatic hydroxyl groups is 1. The minimum absolute atomic E-state index is 0. The number of fused-ring (bicyclic) bond motifs is 2. The third kappa shape index (κ3) is 6.99. The number of rotatable bonds is 6. The van der Waals surface area contributed by atoms with E-state index in [1.807, 2.05) is 60.7 Å². The van der Waals surface area contributed by atoms with Crippen LogP contribution in [0.15, 0.2) is 97.2 Å². The molecule has 0 bridgehead atoms. The predicted molar refractivity (Wildman–Crippen MR) is 186 cm³/mol. The number of halogens is 1. The van der Waals surface area contributed by atoms with Crippen LogP contribution in [-0.4, -0.2) is 31.5 Å². The number of imidazole rings is 1. The van der Waals surface area contributed by atoms with Gasteiger partial charge in [0.2, 0.25) is 0 Å². The van der Waals surface area contributed by atoms with Gasteiger partial charge in [-0.3, -0.25) is 4.79 Å². The number of H-pyrrole nitrogens is 1. The van der Waals surface area contributed by atoms with Crippen LogP contribution in [0.1, 0.15) is 59.6 Å². The highest BCUT2D eigenvalue weighted by Gasteiger charge is 2.23. The fourth-order valence-electron chi connectivity index (χ4n) is 6.10. The van der Waals surface area contributed by atoms with Crippen molar-refractivity contribution >= 4 is 46.2 Å². The van der Waals surface area contributed by atoms with E-state index >= 15 is 0 Å². The molecule has 7 rings (SSSR count). The molecule has 2 aromatic heterocycles. The van der Waals surface area contributed by atoms with Gasteiger partial charge in [-0.15, -0.1) is 12.4 Å². The molecule has 0 radical (unpaired) electrons. The number of hydroxylamine groups is 1. The first kappa shape index (κ1) is 32.2. The molecule has 1 saturated carbocycles. The minimum Gasteiger partial charge on any atom is -0.508 e. The molecule has 1 aliphatic rings. The molecule has 0 unspecified atom stereocenters. The molecule has 0 saturated heterocycles. The summed E-state index contributed by atoms with van der Waals surface area (Å²) in [6.07, 6.45) is 7.31. The number of ether oxygens (including phenoxy) is 1. The van der Waals surface area contributed by atoms with Gasteiger partial charge in [-0.2, -0.15) is 5.48 Å². The number of carbonyl (C=O) groups is 2. The zero-order valence-corrected chi connectivity index (χ0v) is 26.8. The molecule has 0 aliphatic heterocycles. The van der Waals surface area contributed by atoms with Gasteiger partial charge in [-0.05, 0) is 79.1 Å². The summed E-state index contributed by atoms with van der Waals surface area (Å²) >= 11 is 0. The Kier molecular flexibility index (Phi) is 9.65. The highest BCUT2D eigenvalue weighted by Crippen LogP contribution is 2.36. The second-order valence-electron chi connectivity index (χ2n) is 11.6. The summed E-state index contributed by atoms with van der Waals surface area (Å²) in [6, 6.07) is 28.5. The summed E-state index contributed by atoms with van der Waals surface area (Å²) in [5.41, 5.74) is 7.47. The molecule has 9 nitrogen and oxygen atoms in total. The van der Waals surface area contributed by atoms with Crippen LogP contribution in [0.25, 0.3) is 33.3 Å². The Morgan fingerprint density at radius 2 is 1.75 bits per heavy atom. The minimum atomic E-state index is -0.922. The van der Waals surface area contributed by atoms with E-state index in [4.69, 9.17) is 14.6 Å². The Balaban J connectivity index is 0.00000401. The van der Waals surface area contributed by atoms with Crippen LogP contribution >= 0.6 is 12.4 Å². The number of nitrogens with zero attached hydrogens (tertiary/aromatic N) is 2. The third-order valence-corrected chi connectivity index (χ3v) is 8.45. The van der Waals surface area contributed by atoms with E-state index in [0.29, 0.717) is 34.7 Å². The average Bonchev–Trinajstić information content (AvgIpc) is 3.70. The molecule has 4 aromatic carbocycles. The van der Waals surface area contributed by atoms with Gasteiger partial charge >= 0.3 is 5.97 Å². The summed E-state index contributed by atoms with van der Waals surface area (Å²) in [6.45, 7) is 0.489. The van der Waals surface area contributed by atoms with Crippen molar-refractivity contribution < 1.29 is 24.3 Å². The Bertz CT molecular complexity index is 2140. The van der Waals surface area contributed by atoms with Crippen LogP contribution in [0, 0.1) is 11.8 Å². The summed E-state index contributed by atoms with van der Waals surface area (Å²) in [5, 5.41) is 10.4. The van der Waals surface area contributed by atoms with Gasteiger partial charge in [0.25, 0.3) is 5.91 Å².